The molecule has 1 aliphatic rings. The Hall–Kier alpha value is -1.71. The van der Waals surface area contributed by atoms with Crippen molar-refractivity contribution >= 4 is 10.0 Å². The average molecular weight is 325 g/mol. The van der Waals surface area contributed by atoms with Crippen LogP contribution in [0.25, 0.3) is 0 Å². The normalized spacial score (nSPS) is 17.8. The minimum absolute atomic E-state index is 0.100. The fourth-order valence-electron chi connectivity index (χ4n) is 2.50. The second-order valence-corrected chi connectivity index (χ2v) is 7.23. The van der Waals surface area contributed by atoms with Gasteiger partial charge in [0, 0.05) is 51.2 Å². The highest BCUT2D eigenvalue weighted by molar-refractivity contribution is 7.88. The summed E-state index contributed by atoms with van der Waals surface area (Å²) in [6.07, 6.45) is 5.07. The quantitative estimate of drug-likeness (QED) is 0.744. The predicted octanol–water partition coefficient (Wildman–Crippen LogP) is 0.0187. The molecule has 22 heavy (non-hydrogen) atoms. The molecule has 0 amide bonds. The first-order chi connectivity index (χ1) is 10.6. The summed E-state index contributed by atoms with van der Waals surface area (Å²) < 4.78 is 32.7. The molecule has 2 aromatic rings. The van der Waals surface area contributed by atoms with Gasteiger partial charge in [-0.25, -0.2) is 8.42 Å². The van der Waals surface area contributed by atoms with Gasteiger partial charge in [-0.05, 0) is 6.07 Å². The first kappa shape index (κ1) is 15.2. The lowest BCUT2D eigenvalue weighted by molar-refractivity contribution is 0.181. The molecule has 0 atom stereocenters. The topological polar surface area (TPSA) is 84.5 Å². The molecule has 3 heterocycles. The van der Waals surface area contributed by atoms with Crippen LogP contribution in [0.2, 0.25) is 0 Å². The van der Waals surface area contributed by atoms with Gasteiger partial charge < -0.3 is 4.52 Å². The van der Waals surface area contributed by atoms with Gasteiger partial charge in [-0.2, -0.15) is 9.40 Å². The second-order valence-electron chi connectivity index (χ2n) is 5.26. The van der Waals surface area contributed by atoms with Crippen LogP contribution in [-0.4, -0.2) is 65.3 Å². The van der Waals surface area contributed by atoms with Crippen LogP contribution in [0, 0.1) is 0 Å². The van der Waals surface area contributed by atoms with Gasteiger partial charge >= 0.3 is 0 Å². The Morgan fingerprint density at radius 3 is 2.64 bits per heavy atom. The standard InChI is InChI=1S/C13H19N5O3S/c19-22(20,12-13-2-11-21-15-13)18-9-6-16(7-10-18)5-8-17-4-1-3-14-17/h1-4,11H,5-10,12H2. The smallest absolute Gasteiger partial charge is 0.220 e. The zero-order valence-corrected chi connectivity index (χ0v) is 13.0. The summed E-state index contributed by atoms with van der Waals surface area (Å²) in [5.41, 5.74) is 0.445. The molecule has 120 valence electrons. The van der Waals surface area contributed by atoms with Gasteiger partial charge in [0.15, 0.2) is 0 Å². The third-order valence-electron chi connectivity index (χ3n) is 3.75. The van der Waals surface area contributed by atoms with Crippen LogP contribution >= 0.6 is 0 Å². The first-order valence-corrected chi connectivity index (χ1v) is 8.81. The SMILES string of the molecule is O=S(=O)(Cc1ccon1)N1CCN(CCn2cccn2)CC1. The fourth-order valence-corrected chi connectivity index (χ4v) is 3.92. The Kier molecular flexibility index (Phi) is 4.55. The summed E-state index contributed by atoms with van der Waals surface area (Å²) in [6, 6.07) is 3.48. The van der Waals surface area contributed by atoms with E-state index in [1.807, 2.05) is 16.9 Å². The van der Waals surface area contributed by atoms with E-state index in [2.05, 4.69) is 19.7 Å². The van der Waals surface area contributed by atoms with Gasteiger partial charge in [0.05, 0.1) is 12.2 Å². The maximum atomic E-state index is 12.3. The molecule has 3 rings (SSSR count). The first-order valence-electron chi connectivity index (χ1n) is 7.20. The Bertz CT molecular complexity index is 661. The van der Waals surface area contributed by atoms with E-state index < -0.39 is 10.0 Å². The molecule has 0 N–H and O–H groups in total. The molecule has 0 saturated carbocycles. The van der Waals surface area contributed by atoms with Crippen molar-refractivity contribution in [3.63, 3.8) is 0 Å². The van der Waals surface area contributed by atoms with Gasteiger partial charge in [-0.1, -0.05) is 5.16 Å². The molecule has 1 aliphatic heterocycles. The maximum absolute atomic E-state index is 12.3. The van der Waals surface area contributed by atoms with E-state index in [1.165, 1.54) is 10.6 Å². The number of sulfonamides is 1. The molecule has 2 aromatic heterocycles. The van der Waals surface area contributed by atoms with Crippen molar-refractivity contribution in [3.8, 4) is 0 Å². The van der Waals surface area contributed by atoms with Crippen molar-refractivity contribution in [2.45, 2.75) is 12.3 Å². The second kappa shape index (κ2) is 6.59. The van der Waals surface area contributed by atoms with Gasteiger partial charge in [-0.3, -0.25) is 9.58 Å². The molecular weight excluding hydrogens is 306 g/mol. The van der Waals surface area contributed by atoms with E-state index in [0.29, 0.717) is 18.8 Å². The lowest BCUT2D eigenvalue weighted by Gasteiger charge is -2.33. The summed E-state index contributed by atoms with van der Waals surface area (Å²) in [7, 11) is -3.32. The largest absolute Gasteiger partial charge is 0.364 e. The minimum Gasteiger partial charge on any atom is -0.364 e. The number of hydrogen-bond donors (Lipinski definition) is 0. The highest BCUT2D eigenvalue weighted by atomic mass is 32.2. The predicted molar refractivity (Wildman–Crippen MR) is 79.4 cm³/mol. The van der Waals surface area contributed by atoms with Crippen molar-refractivity contribution in [2.24, 2.45) is 0 Å². The van der Waals surface area contributed by atoms with Crippen molar-refractivity contribution in [3.05, 3.63) is 36.5 Å². The number of piperazine rings is 1. The highest BCUT2D eigenvalue weighted by Crippen LogP contribution is 2.12. The van der Waals surface area contributed by atoms with E-state index in [4.69, 9.17) is 0 Å². The summed E-state index contributed by atoms with van der Waals surface area (Å²) in [5, 5.41) is 7.83. The van der Waals surface area contributed by atoms with Crippen molar-refractivity contribution in [1.82, 2.24) is 24.1 Å². The molecule has 0 radical (unpaired) electrons. The number of aromatic nitrogens is 3. The summed E-state index contributed by atoms with van der Waals surface area (Å²) in [5.74, 6) is -0.100. The van der Waals surface area contributed by atoms with Crippen LogP contribution in [0.4, 0.5) is 0 Å². The molecule has 1 saturated heterocycles. The Balaban J connectivity index is 1.48. The molecule has 0 spiro atoms. The molecular formula is C13H19N5O3S. The number of hydrogen-bond acceptors (Lipinski definition) is 6. The third-order valence-corrected chi connectivity index (χ3v) is 5.56. The zero-order chi connectivity index (χ0) is 15.4. The Labute approximate surface area is 129 Å². The van der Waals surface area contributed by atoms with Crippen LogP contribution in [0.1, 0.15) is 5.69 Å². The molecule has 0 unspecified atom stereocenters. The van der Waals surface area contributed by atoms with Gasteiger partial charge in [-0.15, -0.1) is 0 Å². The molecule has 0 aliphatic carbocycles. The third kappa shape index (κ3) is 3.73. The average Bonchev–Trinajstić information content (AvgIpc) is 3.18. The van der Waals surface area contributed by atoms with Crippen LogP contribution in [0.5, 0.6) is 0 Å². The van der Waals surface area contributed by atoms with E-state index in [9.17, 15) is 8.42 Å². The van der Waals surface area contributed by atoms with Crippen molar-refractivity contribution < 1.29 is 12.9 Å². The Morgan fingerprint density at radius 2 is 2.00 bits per heavy atom. The van der Waals surface area contributed by atoms with Crippen LogP contribution < -0.4 is 0 Å². The fraction of sp³-hybridized carbons (Fsp3) is 0.538. The van der Waals surface area contributed by atoms with Gasteiger partial charge in [0.2, 0.25) is 10.0 Å². The molecule has 1 fully saturated rings. The molecule has 8 nitrogen and oxygen atoms in total. The van der Waals surface area contributed by atoms with Crippen LogP contribution in [-0.2, 0) is 22.3 Å². The van der Waals surface area contributed by atoms with Crippen molar-refractivity contribution in [2.75, 3.05) is 32.7 Å². The van der Waals surface area contributed by atoms with E-state index in [-0.39, 0.29) is 5.75 Å². The minimum atomic E-state index is -3.32. The zero-order valence-electron chi connectivity index (χ0n) is 12.2. The molecule has 9 heteroatoms. The van der Waals surface area contributed by atoms with Crippen molar-refractivity contribution in [1.29, 1.82) is 0 Å². The summed E-state index contributed by atoms with van der Waals surface area (Å²) in [6.45, 7) is 4.19. The number of rotatable bonds is 6. The van der Waals surface area contributed by atoms with Crippen LogP contribution in [0.15, 0.2) is 35.3 Å². The van der Waals surface area contributed by atoms with Crippen LogP contribution in [0.3, 0.4) is 0 Å². The number of nitrogens with zero attached hydrogens (tertiary/aromatic N) is 5. The van der Waals surface area contributed by atoms with Gasteiger partial charge in [0.1, 0.15) is 12.0 Å². The van der Waals surface area contributed by atoms with Gasteiger partial charge in [0.25, 0.3) is 0 Å². The lowest BCUT2D eigenvalue weighted by Crippen LogP contribution is -2.49. The molecule has 0 aromatic carbocycles. The van der Waals surface area contributed by atoms with E-state index >= 15 is 0 Å². The highest BCUT2D eigenvalue weighted by Gasteiger charge is 2.27. The summed E-state index contributed by atoms with van der Waals surface area (Å²) in [4.78, 5) is 2.25. The van der Waals surface area contributed by atoms with E-state index in [1.54, 1.807) is 12.3 Å². The lowest BCUT2D eigenvalue weighted by atomic mass is 10.3. The monoisotopic (exact) mass is 325 g/mol. The maximum Gasteiger partial charge on any atom is 0.220 e. The molecule has 0 bridgehead atoms. The summed E-state index contributed by atoms with van der Waals surface area (Å²) >= 11 is 0. The Morgan fingerprint density at radius 1 is 1.18 bits per heavy atom. The van der Waals surface area contributed by atoms with E-state index in [0.717, 1.165) is 26.2 Å².